The molecule has 2 N–H and O–H groups in total. The molecule has 6 nitrogen and oxygen atoms in total. The molecule has 1 aliphatic rings. The van der Waals surface area contributed by atoms with Crippen LogP contribution in [0, 0.1) is 5.92 Å². The number of nitrogens with zero attached hydrogens (tertiary/aromatic N) is 2. The van der Waals surface area contributed by atoms with Crippen LogP contribution in [0.5, 0.6) is 5.88 Å². The van der Waals surface area contributed by atoms with E-state index in [1.54, 1.807) is 19.4 Å². The molecule has 0 aliphatic heterocycles. The maximum absolute atomic E-state index is 11.0. The highest BCUT2D eigenvalue weighted by Gasteiger charge is 2.35. The molecule has 2 aromatic rings. The molecular weight excluding hydrogens is 308 g/mol. The van der Waals surface area contributed by atoms with Crippen LogP contribution in [0.15, 0.2) is 24.4 Å². The van der Waals surface area contributed by atoms with Crippen molar-refractivity contribution >= 4 is 17.0 Å². The minimum absolute atomic E-state index is 0.321. The lowest BCUT2D eigenvalue weighted by Crippen LogP contribution is -2.36. The molecule has 0 unspecified atom stereocenters. The molecule has 0 saturated heterocycles. The average molecular weight is 330 g/mol. The zero-order valence-electron chi connectivity index (χ0n) is 13.7. The topological polar surface area (TPSA) is 92.5 Å². The second-order valence-corrected chi connectivity index (χ2v) is 6.53. The summed E-state index contributed by atoms with van der Waals surface area (Å²) in [5, 5.41) is 19.8. The highest BCUT2D eigenvalue weighted by Crippen LogP contribution is 2.35. The van der Waals surface area contributed by atoms with E-state index in [1.165, 1.54) is 0 Å². The summed E-state index contributed by atoms with van der Waals surface area (Å²) in [5.41, 5.74) is 1.82. The van der Waals surface area contributed by atoms with Crippen LogP contribution in [-0.2, 0) is 11.2 Å². The van der Waals surface area contributed by atoms with Gasteiger partial charge in [-0.25, -0.2) is 4.98 Å². The summed E-state index contributed by atoms with van der Waals surface area (Å²) >= 11 is 0. The Morgan fingerprint density at radius 3 is 2.75 bits per heavy atom. The molecule has 0 amide bonds. The number of ether oxygens (including phenoxy) is 1. The van der Waals surface area contributed by atoms with E-state index >= 15 is 0 Å². The van der Waals surface area contributed by atoms with Crippen molar-refractivity contribution in [1.82, 2.24) is 9.97 Å². The van der Waals surface area contributed by atoms with Gasteiger partial charge in [-0.3, -0.25) is 9.78 Å². The molecule has 2 heterocycles. The monoisotopic (exact) mass is 330 g/mol. The molecular formula is C18H22N2O4. The van der Waals surface area contributed by atoms with Crippen LogP contribution in [0.4, 0.5) is 0 Å². The van der Waals surface area contributed by atoms with Gasteiger partial charge >= 0.3 is 5.97 Å². The van der Waals surface area contributed by atoms with Gasteiger partial charge in [0.1, 0.15) is 0 Å². The van der Waals surface area contributed by atoms with Crippen molar-refractivity contribution in [1.29, 1.82) is 0 Å². The van der Waals surface area contributed by atoms with Gasteiger partial charge in [0, 0.05) is 12.3 Å². The van der Waals surface area contributed by atoms with Gasteiger partial charge in [0.2, 0.25) is 5.88 Å². The summed E-state index contributed by atoms with van der Waals surface area (Å²) in [6.45, 7) is 0. The van der Waals surface area contributed by atoms with Crippen LogP contribution in [0.25, 0.3) is 11.0 Å². The first-order chi connectivity index (χ1) is 11.5. The fourth-order valence-corrected chi connectivity index (χ4v) is 3.40. The number of carbonyl (C=O) groups is 1. The molecule has 24 heavy (non-hydrogen) atoms. The van der Waals surface area contributed by atoms with Crippen molar-refractivity contribution in [2.75, 3.05) is 7.11 Å². The van der Waals surface area contributed by atoms with Crippen molar-refractivity contribution in [3.8, 4) is 5.88 Å². The number of carboxylic acid groups (broad SMARTS) is 1. The number of pyridine rings is 2. The Morgan fingerprint density at radius 2 is 2.08 bits per heavy atom. The van der Waals surface area contributed by atoms with E-state index in [2.05, 4.69) is 9.97 Å². The third-order valence-corrected chi connectivity index (χ3v) is 4.98. The van der Waals surface area contributed by atoms with Gasteiger partial charge in [0.15, 0.2) is 0 Å². The first-order valence-electron chi connectivity index (χ1n) is 8.24. The van der Waals surface area contributed by atoms with Crippen molar-refractivity contribution in [2.45, 2.75) is 44.1 Å². The van der Waals surface area contributed by atoms with Crippen molar-refractivity contribution in [3.63, 3.8) is 0 Å². The fourth-order valence-electron chi connectivity index (χ4n) is 3.40. The van der Waals surface area contributed by atoms with E-state index in [-0.39, 0.29) is 5.92 Å². The minimum Gasteiger partial charge on any atom is -0.481 e. The summed E-state index contributed by atoms with van der Waals surface area (Å²) in [6, 6.07) is 5.57. The zero-order valence-corrected chi connectivity index (χ0v) is 13.7. The zero-order chi connectivity index (χ0) is 17.2. The Morgan fingerprint density at radius 1 is 1.33 bits per heavy atom. The maximum atomic E-state index is 11.0. The molecule has 3 rings (SSSR count). The van der Waals surface area contributed by atoms with E-state index in [4.69, 9.17) is 9.84 Å². The Balaban J connectivity index is 1.73. The Hall–Kier alpha value is -2.21. The Kier molecular flexibility index (Phi) is 4.66. The molecule has 0 aromatic carbocycles. The number of fused-ring (bicyclic) bond motifs is 1. The molecule has 0 atom stereocenters. The number of methoxy groups -OCH3 is 1. The normalized spacial score (nSPS) is 24.0. The Labute approximate surface area is 140 Å². The minimum atomic E-state index is -0.791. The molecule has 1 saturated carbocycles. The van der Waals surface area contributed by atoms with E-state index in [9.17, 15) is 9.90 Å². The third-order valence-electron chi connectivity index (χ3n) is 4.98. The standard InChI is InChI=1S/C18H22N2O4/c1-24-15-3-2-14-16(20-15)12(7-11-19-14)4-8-18(23)9-5-13(6-10-18)17(21)22/h2-3,7,11,13,23H,4-6,8-10H2,1H3,(H,21,22)/t13-,18+. The lowest BCUT2D eigenvalue weighted by Gasteiger charge is -2.34. The van der Waals surface area contributed by atoms with Gasteiger partial charge in [-0.15, -0.1) is 0 Å². The lowest BCUT2D eigenvalue weighted by atomic mass is 9.76. The van der Waals surface area contributed by atoms with Crippen LogP contribution in [0.1, 0.15) is 37.7 Å². The fraction of sp³-hybridized carbons (Fsp3) is 0.500. The number of aryl methyl sites for hydroxylation is 1. The number of aromatic nitrogens is 2. The van der Waals surface area contributed by atoms with Crippen molar-refractivity contribution < 1.29 is 19.7 Å². The molecule has 2 aromatic heterocycles. The average Bonchev–Trinajstić information content (AvgIpc) is 2.60. The molecule has 0 radical (unpaired) electrons. The van der Waals surface area contributed by atoms with Crippen LogP contribution in [0.3, 0.4) is 0 Å². The SMILES string of the molecule is COc1ccc2nccc(CC[C@]3(O)CC[C@@H](C(=O)O)CC3)c2n1. The van der Waals surface area contributed by atoms with Gasteiger partial charge in [-0.1, -0.05) is 0 Å². The Bertz CT molecular complexity index is 739. The summed E-state index contributed by atoms with van der Waals surface area (Å²) in [6.07, 6.45) is 5.15. The number of aliphatic carboxylic acids is 1. The van der Waals surface area contributed by atoms with E-state index < -0.39 is 11.6 Å². The predicted octanol–water partition coefficient (Wildman–Crippen LogP) is 2.58. The van der Waals surface area contributed by atoms with Gasteiger partial charge in [-0.05, 0) is 56.2 Å². The van der Waals surface area contributed by atoms with E-state index in [0.29, 0.717) is 44.4 Å². The highest BCUT2D eigenvalue weighted by molar-refractivity contribution is 5.78. The van der Waals surface area contributed by atoms with Crippen LogP contribution in [-0.4, -0.2) is 38.9 Å². The predicted molar refractivity (Wildman–Crippen MR) is 89.0 cm³/mol. The smallest absolute Gasteiger partial charge is 0.306 e. The number of hydrogen-bond acceptors (Lipinski definition) is 5. The van der Waals surface area contributed by atoms with Crippen molar-refractivity contribution in [3.05, 3.63) is 30.0 Å². The second kappa shape index (κ2) is 6.73. The molecule has 0 spiro atoms. The molecule has 6 heteroatoms. The van der Waals surface area contributed by atoms with Crippen LogP contribution >= 0.6 is 0 Å². The van der Waals surface area contributed by atoms with Gasteiger partial charge in [0.25, 0.3) is 0 Å². The van der Waals surface area contributed by atoms with Gasteiger partial charge < -0.3 is 14.9 Å². The first kappa shape index (κ1) is 16.6. The van der Waals surface area contributed by atoms with Crippen molar-refractivity contribution in [2.24, 2.45) is 5.92 Å². The number of hydrogen-bond donors (Lipinski definition) is 2. The van der Waals surface area contributed by atoms with Gasteiger partial charge in [-0.2, -0.15) is 0 Å². The maximum Gasteiger partial charge on any atom is 0.306 e. The number of aliphatic hydroxyl groups is 1. The number of rotatable bonds is 5. The first-order valence-corrected chi connectivity index (χ1v) is 8.24. The highest BCUT2D eigenvalue weighted by atomic mass is 16.5. The molecule has 1 aliphatic carbocycles. The molecule has 128 valence electrons. The molecule has 0 bridgehead atoms. The van der Waals surface area contributed by atoms with Gasteiger partial charge in [0.05, 0.1) is 29.7 Å². The number of carboxylic acids is 1. The summed E-state index contributed by atoms with van der Waals surface area (Å²) in [5.74, 6) is -0.538. The van der Waals surface area contributed by atoms with Crippen LogP contribution < -0.4 is 4.74 Å². The third kappa shape index (κ3) is 3.48. The largest absolute Gasteiger partial charge is 0.481 e. The summed E-state index contributed by atoms with van der Waals surface area (Å²) in [4.78, 5) is 19.8. The van der Waals surface area contributed by atoms with E-state index in [1.807, 2.05) is 12.1 Å². The summed E-state index contributed by atoms with van der Waals surface area (Å²) in [7, 11) is 1.58. The van der Waals surface area contributed by atoms with Crippen LogP contribution in [0.2, 0.25) is 0 Å². The molecule has 1 fully saturated rings. The van der Waals surface area contributed by atoms with E-state index in [0.717, 1.165) is 16.6 Å². The second-order valence-electron chi connectivity index (χ2n) is 6.53. The summed E-state index contributed by atoms with van der Waals surface area (Å²) < 4.78 is 5.18. The lowest BCUT2D eigenvalue weighted by molar-refractivity contribution is -0.144. The quantitative estimate of drug-likeness (QED) is 0.875.